The number of nitrogens with one attached hydrogen (secondary N) is 2. The molecule has 2 aliphatic rings. The van der Waals surface area contributed by atoms with E-state index in [1.165, 1.54) is 12.1 Å². The third kappa shape index (κ3) is 5.11. The van der Waals surface area contributed by atoms with Crippen LogP contribution in [0.25, 0.3) is 0 Å². The predicted octanol–water partition coefficient (Wildman–Crippen LogP) is 2.70. The number of para-hydroxylation sites is 1. The molecule has 1 aromatic rings. The Labute approximate surface area is 165 Å². The van der Waals surface area contributed by atoms with Crippen molar-refractivity contribution in [2.24, 2.45) is 5.92 Å². The van der Waals surface area contributed by atoms with Crippen LogP contribution in [0.4, 0.5) is 14.9 Å². The first kappa shape index (κ1) is 21.4. The number of likely N-dealkylation sites (tertiary alicyclic amines) is 2. The zero-order valence-electron chi connectivity index (χ0n) is 15.6. The molecule has 0 spiro atoms. The number of rotatable bonds is 4. The number of benzene rings is 1. The molecule has 150 valence electrons. The van der Waals surface area contributed by atoms with Gasteiger partial charge in [0.25, 0.3) is 0 Å². The van der Waals surface area contributed by atoms with Crippen molar-refractivity contribution in [1.82, 2.24) is 15.1 Å². The van der Waals surface area contributed by atoms with Gasteiger partial charge in [-0.25, -0.2) is 9.18 Å². The van der Waals surface area contributed by atoms with Gasteiger partial charge in [0.1, 0.15) is 5.82 Å². The van der Waals surface area contributed by atoms with Crippen LogP contribution in [0.15, 0.2) is 24.3 Å². The minimum absolute atomic E-state index is 0. The quantitative estimate of drug-likeness (QED) is 0.819. The molecule has 0 aromatic heterocycles. The first-order valence-corrected chi connectivity index (χ1v) is 9.35. The summed E-state index contributed by atoms with van der Waals surface area (Å²) < 4.78 is 13.7. The fourth-order valence-electron chi connectivity index (χ4n) is 3.93. The molecule has 2 unspecified atom stereocenters. The molecule has 2 saturated heterocycles. The van der Waals surface area contributed by atoms with Crippen LogP contribution in [-0.2, 0) is 4.79 Å². The molecule has 3 amide bonds. The molecule has 3 rings (SSSR count). The van der Waals surface area contributed by atoms with Crippen LogP contribution in [-0.4, -0.2) is 61.0 Å². The van der Waals surface area contributed by atoms with Crippen molar-refractivity contribution in [3.8, 4) is 0 Å². The Morgan fingerprint density at radius 1 is 1.19 bits per heavy atom. The molecule has 0 radical (unpaired) electrons. The average Bonchev–Trinajstić information content (AvgIpc) is 3.11. The van der Waals surface area contributed by atoms with Gasteiger partial charge < -0.3 is 20.4 Å². The van der Waals surface area contributed by atoms with E-state index in [0.717, 1.165) is 38.8 Å². The van der Waals surface area contributed by atoms with Crippen LogP contribution in [0, 0.1) is 11.7 Å². The topological polar surface area (TPSA) is 64.7 Å². The molecular weight excluding hydrogens is 371 g/mol. The summed E-state index contributed by atoms with van der Waals surface area (Å²) in [7, 11) is 1.90. The second-order valence-electron chi connectivity index (χ2n) is 7.08. The zero-order chi connectivity index (χ0) is 18.5. The maximum absolute atomic E-state index is 13.7. The maximum atomic E-state index is 13.7. The van der Waals surface area contributed by atoms with Crippen molar-refractivity contribution in [1.29, 1.82) is 0 Å². The standard InChI is InChI=1S/C19H27FN4O2.ClH/c1-21-12-15-7-5-11-24(15)18(25)14-6-4-10-23(13-14)19(26)22-17-9-3-2-8-16(17)20;/h2-3,8-9,14-15,21H,4-7,10-13H2,1H3,(H,22,26);1H. The molecule has 0 saturated carbocycles. The van der Waals surface area contributed by atoms with Gasteiger partial charge in [0.15, 0.2) is 0 Å². The Morgan fingerprint density at radius 2 is 1.93 bits per heavy atom. The highest BCUT2D eigenvalue weighted by Gasteiger charge is 2.35. The number of urea groups is 1. The summed E-state index contributed by atoms with van der Waals surface area (Å²) in [6.07, 6.45) is 3.63. The van der Waals surface area contributed by atoms with Gasteiger partial charge in [-0.3, -0.25) is 4.79 Å². The van der Waals surface area contributed by atoms with E-state index in [-0.39, 0.29) is 42.0 Å². The number of carbonyl (C=O) groups excluding carboxylic acids is 2. The molecular formula is C19H28ClFN4O2. The molecule has 2 aliphatic heterocycles. The largest absolute Gasteiger partial charge is 0.338 e. The summed E-state index contributed by atoms with van der Waals surface area (Å²) in [5.74, 6) is -0.490. The lowest BCUT2D eigenvalue weighted by Gasteiger charge is -2.35. The molecule has 6 nitrogen and oxygen atoms in total. The molecule has 2 atom stereocenters. The second kappa shape index (κ2) is 9.90. The van der Waals surface area contributed by atoms with Crippen LogP contribution in [0.2, 0.25) is 0 Å². The number of likely N-dealkylation sites (N-methyl/N-ethyl adjacent to an activating group) is 1. The van der Waals surface area contributed by atoms with Gasteiger partial charge >= 0.3 is 6.03 Å². The number of anilines is 1. The van der Waals surface area contributed by atoms with Gasteiger partial charge in [-0.2, -0.15) is 0 Å². The third-order valence-corrected chi connectivity index (χ3v) is 5.27. The summed E-state index contributed by atoms with van der Waals surface area (Å²) in [5, 5.41) is 5.77. The van der Waals surface area contributed by atoms with E-state index in [1.54, 1.807) is 17.0 Å². The highest BCUT2D eigenvalue weighted by molar-refractivity contribution is 5.90. The molecule has 0 bridgehead atoms. The molecule has 2 heterocycles. The van der Waals surface area contributed by atoms with E-state index in [2.05, 4.69) is 10.6 Å². The molecule has 27 heavy (non-hydrogen) atoms. The molecule has 0 aliphatic carbocycles. The van der Waals surface area contributed by atoms with E-state index in [1.807, 2.05) is 11.9 Å². The monoisotopic (exact) mass is 398 g/mol. The van der Waals surface area contributed by atoms with Gasteiger partial charge in [-0.15, -0.1) is 12.4 Å². The maximum Gasteiger partial charge on any atom is 0.321 e. The van der Waals surface area contributed by atoms with Crippen LogP contribution >= 0.6 is 12.4 Å². The Bertz CT molecular complexity index is 660. The summed E-state index contributed by atoms with van der Waals surface area (Å²) in [4.78, 5) is 29.0. The van der Waals surface area contributed by atoms with Gasteiger partial charge in [0.05, 0.1) is 11.6 Å². The minimum Gasteiger partial charge on any atom is -0.338 e. The number of hydrogen-bond acceptors (Lipinski definition) is 3. The van der Waals surface area contributed by atoms with Crippen LogP contribution in [0.5, 0.6) is 0 Å². The highest BCUT2D eigenvalue weighted by atomic mass is 35.5. The lowest BCUT2D eigenvalue weighted by atomic mass is 9.96. The number of carbonyl (C=O) groups is 2. The first-order chi connectivity index (χ1) is 12.6. The summed E-state index contributed by atoms with van der Waals surface area (Å²) in [6.45, 7) is 2.57. The van der Waals surface area contributed by atoms with Crippen LogP contribution in [0.1, 0.15) is 25.7 Å². The number of nitrogens with zero attached hydrogens (tertiary/aromatic N) is 2. The number of amides is 3. The van der Waals surface area contributed by atoms with Crippen molar-refractivity contribution in [3.63, 3.8) is 0 Å². The zero-order valence-corrected chi connectivity index (χ0v) is 16.4. The lowest BCUT2D eigenvalue weighted by molar-refractivity contribution is -0.137. The van der Waals surface area contributed by atoms with E-state index in [4.69, 9.17) is 0 Å². The summed E-state index contributed by atoms with van der Waals surface area (Å²) in [6, 6.07) is 6.00. The van der Waals surface area contributed by atoms with Crippen molar-refractivity contribution in [3.05, 3.63) is 30.1 Å². The predicted molar refractivity (Wildman–Crippen MR) is 106 cm³/mol. The SMILES string of the molecule is CNCC1CCCN1C(=O)C1CCCN(C(=O)Nc2ccccc2F)C1.Cl. The van der Waals surface area contributed by atoms with Crippen LogP contribution < -0.4 is 10.6 Å². The second-order valence-corrected chi connectivity index (χ2v) is 7.08. The lowest BCUT2D eigenvalue weighted by Crippen LogP contribution is -2.50. The Hall–Kier alpha value is -1.86. The highest BCUT2D eigenvalue weighted by Crippen LogP contribution is 2.25. The van der Waals surface area contributed by atoms with E-state index in [9.17, 15) is 14.0 Å². The van der Waals surface area contributed by atoms with Gasteiger partial charge in [-0.1, -0.05) is 12.1 Å². The number of piperidine rings is 1. The van der Waals surface area contributed by atoms with Gasteiger partial charge in [-0.05, 0) is 44.9 Å². The Kier molecular flexibility index (Phi) is 7.86. The Balaban J connectivity index is 0.00000261. The van der Waals surface area contributed by atoms with E-state index in [0.29, 0.717) is 13.1 Å². The molecule has 1 aromatic carbocycles. The van der Waals surface area contributed by atoms with Gasteiger partial charge in [0.2, 0.25) is 5.91 Å². The van der Waals surface area contributed by atoms with Gasteiger partial charge in [0, 0.05) is 32.2 Å². The van der Waals surface area contributed by atoms with Crippen molar-refractivity contribution >= 4 is 30.0 Å². The smallest absolute Gasteiger partial charge is 0.321 e. The molecule has 2 N–H and O–H groups in total. The Morgan fingerprint density at radius 3 is 2.67 bits per heavy atom. The normalized spacial score (nSPS) is 22.3. The average molecular weight is 399 g/mol. The van der Waals surface area contributed by atoms with E-state index < -0.39 is 5.82 Å². The number of hydrogen-bond donors (Lipinski definition) is 2. The van der Waals surface area contributed by atoms with E-state index >= 15 is 0 Å². The van der Waals surface area contributed by atoms with Crippen molar-refractivity contribution in [2.45, 2.75) is 31.7 Å². The number of halogens is 2. The summed E-state index contributed by atoms with van der Waals surface area (Å²) >= 11 is 0. The minimum atomic E-state index is -0.461. The van der Waals surface area contributed by atoms with Crippen LogP contribution in [0.3, 0.4) is 0 Å². The van der Waals surface area contributed by atoms with Crippen molar-refractivity contribution in [2.75, 3.05) is 38.5 Å². The molecule has 8 heteroatoms. The first-order valence-electron chi connectivity index (χ1n) is 9.35. The molecule has 2 fully saturated rings. The fourth-order valence-corrected chi connectivity index (χ4v) is 3.93. The third-order valence-electron chi connectivity index (χ3n) is 5.27. The fraction of sp³-hybridized carbons (Fsp3) is 0.579. The summed E-state index contributed by atoms with van der Waals surface area (Å²) in [5.41, 5.74) is 0.166. The van der Waals surface area contributed by atoms with Crippen molar-refractivity contribution < 1.29 is 14.0 Å².